The molecular weight excluding hydrogens is 395 g/mol. The summed E-state index contributed by atoms with van der Waals surface area (Å²) in [4.78, 5) is 12.4. The molecule has 0 spiro atoms. The summed E-state index contributed by atoms with van der Waals surface area (Å²) in [6.07, 6.45) is 1.47. The standard InChI is InChI=1S/C21H27FN2O4S/c1-5-15-9-8-10-16(6-2)21(15)23-20(25)14-24(7-3)29(26,27)19-13-17(22)11-12-18(19)28-4/h8-13H,5-7,14H2,1-4H3,(H,23,25). The fourth-order valence-electron chi connectivity index (χ4n) is 3.10. The van der Waals surface area contributed by atoms with Crippen molar-refractivity contribution in [1.82, 2.24) is 4.31 Å². The Morgan fingerprint density at radius 2 is 1.72 bits per heavy atom. The molecule has 0 aliphatic rings. The van der Waals surface area contributed by atoms with Crippen LogP contribution in [0, 0.1) is 5.82 Å². The van der Waals surface area contributed by atoms with Gasteiger partial charge in [0.1, 0.15) is 16.5 Å². The molecule has 6 nitrogen and oxygen atoms in total. The van der Waals surface area contributed by atoms with Gasteiger partial charge in [-0.15, -0.1) is 0 Å². The Balaban J connectivity index is 2.31. The van der Waals surface area contributed by atoms with Gasteiger partial charge in [0.15, 0.2) is 0 Å². The van der Waals surface area contributed by atoms with Crippen LogP contribution in [-0.2, 0) is 27.7 Å². The highest BCUT2D eigenvalue weighted by atomic mass is 32.2. The van der Waals surface area contributed by atoms with E-state index in [0.29, 0.717) is 0 Å². The molecule has 0 aromatic heterocycles. The van der Waals surface area contributed by atoms with E-state index in [-0.39, 0.29) is 23.7 Å². The number of amides is 1. The highest BCUT2D eigenvalue weighted by Gasteiger charge is 2.29. The zero-order valence-corrected chi connectivity index (χ0v) is 18.0. The molecule has 0 saturated heterocycles. The minimum Gasteiger partial charge on any atom is -0.495 e. The van der Waals surface area contributed by atoms with E-state index < -0.39 is 21.7 Å². The molecule has 29 heavy (non-hydrogen) atoms. The maximum Gasteiger partial charge on any atom is 0.247 e. The number of hydrogen-bond donors (Lipinski definition) is 1. The molecule has 2 rings (SSSR count). The smallest absolute Gasteiger partial charge is 0.247 e. The van der Waals surface area contributed by atoms with Crippen LogP contribution in [0.2, 0.25) is 0 Å². The lowest BCUT2D eigenvalue weighted by atomic mass is 10.0. The number of benzene rings is 2. The first-order valence-corrected chi connectivity index (χ1v) is 11.0. The van der Waals surface area contributed by atoms with Crippen molar-refractivity contribution in [3.8, 4) is 5.75 Å². The van der Waals surface area contributed by atoms with Crippen LogP contribution in [0.3, 0.4) is 0 Å². The zero-order valence-electron chi connectivity index (χ0n) is 17.2. The molecule has 0 aliphatic carbocycles. The Morgan fingerprint density at radius 3 is 2.24 bits per heavy atom. The van der Waals surface area contributed by atoms with Gasteiger partial charge < -0.3 is 10.1 Å². The number of rotatable bonds is 9. The number of methoxy groups -OCH3 is 1. The van der Waals surface area contributed by atoms with Crippen LogP contribution in [0.25, 0.3) is 0 Å². The number of anilines is 1. The molecule has 1 amide bonds. The highest BCUT2D eigenvalue weighted by molar-refractivity contribution is 7.89. The molecule has 0 saturated carbocycles. The van der Waals surface area contributed by atoms with Gasteiger partial charge in [-0.1, -0.05) is 39.0 Å². The number of sulfonamides is 1. The van der Waals surface area contributed by atoms with Crippen molar-refractivity contribution in [3.05, 3.63) is 53.3 Å². The Morgan fingerprint density at radius 1 is 1.10 bits per heavy atom. The minimum atomic E-state index is -4.13. The zero-order chi connectivity index (χ0) is 21.6. The number of halogens is 1. The second-order valence-corrected chi connectivity index (χ2v) is 8.34. The van der Waals surface area contributed by atoms with Crippen LogP contribution in [0.15, 0.2) is 41.3 Å². The average molecular weight is 423 g/mol. The molecule has 0 unspecified atom stereocenters. The number of likely N-dealkylation sites (N-methyl/N-ethyl adjacent to an activating group) is 1. The van der Waals surface area contributed by atoms with Crippen LogP contribution >= 0.6 is 0 Å². The first-order valence-electron chi connectivity index (χ1n) is 9.52. The van der Waals surface area contributed by atoms with Crippen LogP contribution in [0.5, 0.6) is 5.75 Å². The van der Waals surface area contributed by atoms with Crippen LogP contribution in [0.4, 0.5) is 10.1 Å². The van der Waals surface area contributed by atoms with Gasteiger partial charge in [-0.25, -0.2) is 12.8 Å². The number of ether oxygens (including phenoxy) is 1. The van der Waals surface area contributed by atoms with Gasteiger partial charge in [0.2, 0.25) is 15.9 Å². The Hall–Kier alpha value is -2.45. The lowest BCUT2D eigenvalue weighted by Crippen LogP contribution is -2.38. The molecule has 0 aliphatic heterocycles. The van der Waals surface area contributed by atoms with E-state index in [2.05, 4.69) is 5.32 Å². The molecule has 0 atom stereocenters. The van der Waals surface area contributed by atoms with E-state index in [0.717, 1.165) is 46.1 Å². The number of nitrogens with one attached hydrogen (secondary N) is 1. The molecule has 1 N–H and O–H groups in total. The van der Waals surface area contributed by atoms with Crippen molar-refractivity contribution < 1.29 is 22.3 Å². The fourth-order valence-corrected chi connectivity index (χ4v) is 4.67. The van der Waals surface area contributed by atoms with Crippen molar-refractivity contribution >= 4 is 21.6 Å². The average Bonchev–Trinajstić information content (AvgIpc) is 2.71. The predicted octanol–water partition coefficient (Wildman–Crippen LogP) is 3.61. The van der Waals surface area contributed by atoms with E-state index in [1.807, 2.05) is 32.0 Å². The van der Waals surface area contributed by atoms with Gasteiger partial charge in [-0.3, -0.25) is 4.79 Å². The first-order chi connectivity index (χ1) is 13.8. The summed E-state index contributed by atoms with van der Waals surface area (Å²) in [6, 6.07) is 9.07. The molecular formula is C21H27FN2O4S. The van der Waals surface area contributed by atoms with E-state index in [9.17, 15) is 17.6 Å². The monoisotopic (exact) mass is 422 g/mol. The normalized spacial score (nSPS) is 11.5. The highest BCUT2D eigenvalue weighted by Crippen LogP contribution is 2.28. The molecule has 0 heterocycles. The Kier molecular flexibility index (Phi) is 7.75. The van der Waals surface area contributed by atoms with Gasteiger partial charge in [0.05, 0.1) is 13.7 Å². The Bertz CT molecular complexity index is 954. The van der Waals surface area contributed by atoms with E-state index in [1.165, 1.54) is 13.2 Å². The van der Waals surface area contributed by atoms with Crippen LogP contribution in [-0.4, -0.2) is 38.8 Å². The molecule has 0 fully saturated rings. The van der Waals surface area contributed by atoms with Gasteiger partial charge in [0.25, 0.3) is 0 Å². The third kappa shape index (κ3) is 5.13. The molecule has 0 bridgehead atoms. The molecule has 158 valence electrons. The summed E-state index contributed by atoms with van der Waals surface area (Å²) in [6.45, 7) is 5.26. The minimum absolute atomic E-state index is 0.0230. The van der Waals surface area contributed by atoms with Crippen molar-refractivity contribution in [2.45, 2.75) is 38.5 Å². The summed E-state index contributed by atoms with van der Waals surface area (Å²) in [7, 11) is -2.82. The number of nitrogens with zero attached hydrogens (tertiary/aromatic N) is 1. The fraction of sp³-hybridized carbons (Fsp3) is 0.381. The molecule has 2 aromatic rings. The van der Waals surface area contributed by atoms with E-state index >= 15 is 0 Å². The molecule has 8 heteroatoms. The predicted molar refractivity (Wildman–Crippen MR) is 111 cm³/mol. The Labute approximate surface area is 171 Å². The van der Waals surface area contributed by atoms with Crippen molar-refractivity contribution in [1.29, 1.82) is 0 Å². The summed E-state index contributed by atoms with van der Waals surface area (Å²) in [5.74, 6) is -1.13. The first kappa shape index (κ1) is 22.8. The number of para-hydroxylation sites is 1. The number of carbonyl (C=O) groups excluding carboxylic acids is 1. The quantitative estimate of drug-likeness (QED) is 0.670. The van der Waals surface area contributed by atoms with E-state index in [1.54, 1.807) is 6.92 Å². The van der Waals surface area contributed by atoms with Crippen molar-refractivity contribution in [2.24, 2.45) is 0 Å². The van der Waals surface area contributed by atoms with Crippen LogP contribution < -0.4 is 10.1 Å². The summed E-state index contributed by atoms with van der Waals surface area (Å²) in [5, 5.41) is 2.86. The largest absolute Gasteiger partial charge is 0.495 e. The second kappa shape index (κ2) is 9.84. The lowest BCUT2D eigenvalue weighted by molar-refractivity contribution is -0.116. The number of carbonyl (C=O) groups is 1. The van der Waals surface area contributed by atoms with Gasteiger partial charge >= 0.3 is 0 Å². The second-order valence-electron chi connectivity index (χ2n) is 6.43. The van der Waals surface area contributed by atoms with Gasteiger partial charge in [-0.05, 0) is 42.2 Å². The van der Waals surface area contributed by atoms with Crippen molar-refractivity contribution in [3.63, 3.8) is 0 Å². The van der Waals surface area contributed by atoms with Crippen molar-refractivity contribution in [2.75, 3.05) is 25.5 Å². The third-order valence-corrected chi connectivity index (χ3v) is 6.62. The topological polar surface area (TPSA) is 75.7 Å². The summed E-state index contributed by atoms with van der Waals surface area (Å²) < 4.78 is 45.8. The van der Waals surface area contributed by atoms with Gasteiger partial charge in [-0.2, -0.15) is 4.31 Å². The molecule has 0 radical (unpaired) electrons. The summed E-state index contributed by atoms with van der Waals surface area (Å²) in [5.41, 5.74) is 2.69. The maximum absolute atomic E-state index is 13.7. The lowest BCUT2D eigenvalue weighted by Gasteiger charge is -2.22. The molecule has 2 aromatic carbocycles. The summed E-state index contributed by atoms with van der Waals surface area (Å²) >= 11 is 0. The SMILES string of the molecule is CCc1cccc(CC)c1NC(=O)CN(CC)S(=O)(=O)c1cc(F)ccc1OC. The third-order valence-electron chi connectivity index (χ3n) is 4.68. The van der Waals surface area contributed by atoms with E-state index in [4.69, 9.17) is 4.74 Å². The number of aryl methyl sites for hydroxylation is 2. The number of hydrogen-bond acceptors (Lipinski definition) is 4. The maximum atomic E-state index is 13.7. The van der Waals surface area contributed by atoms with Crippen LogP contribution in [0.1, 0.15) is 31.9 Å². The van der Waals surface area contributed by atoms with Gasteiger partial charge in [0, 0.05) is 12.2 Å².